The van der Waals surface area contributed by atoms with E-state index in [-0.39, 0.29) is 11.7 Å². The van der Waals surface area contributed by atoms with Gasteiger partial charge in [0.25, 0.3) is 0 Å². The van der Waals surface area contributed by atoms with Gasteiger partial charge in [-0.25, -0.2) is 4.79 Å². The van der Waals surface area contributed by atoms with Gasteiger partial charge in [-0.1, -0.05) is 32.6 Å². The predicted octanol–water partition coefficient (Wildman–Crippen LogP) is 3.51. The zero-order chi connectivity index (χ0) is 15.0. The summed E-state index contributed by atoms with van der Waals surface area (Å²) in [6, 6.07) is 0. The van der Waals surface area contributed by atoms with Crippen LogP contribution < -0.4 is 0 Å². The highest BCUT2D eigenvalue weighted by molar-refractivity contribution is 5.68. The number of amides is 1. The molecular formula is C16H32N2O2. The van der Waals surface area contributed by atoms with E-state index in [1.54, 1.807) is 0 Å². The summed E-state index contributed by atoms with van der Waals surface area (Å²) in [5.41, 5.74) is -0.341. The zero-order valence-electron chi connectivity index (χ0n) is 13.8. The second-order valence-electron chi connectivity index (χ2n) is 6.58. The second-order valence-corrected chi connectivity index (χ2v) is 6.58. The molecule has 4 heteroatoms. The Balaban J connectivity index is 2.24. The lowest BCUT2D eigenvalue weighted by molar-refractivity contribution is 0.000256. The fraction of sp³-hybridized carbons (Fsp3) is 0.938. The van der Waals surface area contributed by atoms with Crippen LogP contribution in [0.15, 0.2) is 0 Å². The molecule has 20 heavy (non-hydrogen) atoms. The Bertz CT molecular complexity index is 284. The number of likely N-dealkylation sites (N-methyl/N-ethyl adjacent to an activating group) is 1. The largest absolute Gasteiger partial charge is 0.443 e. The number of piperazine rings is 1. The molecule has 1 fully saturated rings. The van der Waals surface area contributed by atoms with Gasteiger partial charge < -0.3 is 14.5 Å². The van der Waals surface area contributed by atoms with Gasteiger partial charge in [-0.05, 0) is 33.7 Å². The van der Waals surface area contributed by atoms with Crippen molar-refractivity contribution >= 4 is 6.09 Å². The van der Waals surface area contributed by atoms with Crippen molar-refractivity contribution in [2.45, 2.75) is 64.9 Å². The molecule has 0 radical (unpaired) electrons. The Morgan fingerprint density at radius 1 is 1.05 bits per heavy atom. The number of unbranched alkanes of at least 4 members (excludes halogenated alkanes) is 4. The summed E-state index contributed by atoms with van der Waals surface area (Å²) >= 11 is 0. The third-order valence-electron chi connectivity index (χ3n) is 4.01. The van der Waals surface area contributed by atoms with Gasteiger partial charge in [0.15, 0.2) is 0 Å². The Kier molecular flexibility index (Phi) is 7.35. The average molecular weight is 284 g/mol. The maximum Gasteiger partial charge on any atom is 0.410 e. The number of rotatable bonds is 7. The van der Waals surface area contributed by atoms with Crippen LogP contribution in [0.1, 0.15) is 59.3 Å². The van der Waals surface area contributed by atoms with E-state index in [1.165, 1.54) is 25.7 Å². The van der Waals surface area contributed by atoms with Crippen molar-refractivity contribution < 1.29 is 9.53 Å². The summed E-state index contributed by atoms with van der Waals surface area (Å²) in [5.74, 6) is 0. The van der Waals surface area contributed by atoms with Crippen LogP contribution >= 0.6 is 0 Å². The van der Waals surface area contributed by atoms with Crippen LogP contribution in [-0.4, -0.2) is 54.7 Å². The molecule has 0 spiro atoms. The first-order chi connectivity index (χ1) is 9.44. The maximum absolute atomic E-state index is 12.1. The number of hydrogen-bond donors (Lipinski definition) is 0. The standard InChI is InChI=1S/C16H32N2O2/c1-5-6-7-8-9-10-16(2,3)20-15(19)18-13-11-17(4)12-14-18/h5-14H2,1-4H3. The predicted molar refractivity (Wildman–Crippen MR) is 83.0 cm³/mol. The normalized spacial score (nSPS) is 17.3. The molecule has 0 atom stereocenters. The second kappa shape index (κ2) is 8.50. The van der Waals surface area contributed by atoms with Gasteiger partial charge in [0.1, 0.15) is 5.60 Å². The van der Waals surface area contributed by atoms with Crippen LogP contribution in [0.4, 0.5) is 4.79 Å². The fourth-order valence-corrected chi connectivity index (χ4v) is 2.50. The number of carbonyl (C=O) groups is 1. The first-order valence-electron chi connectivity index (χ1n) is 8.11. The average Bonchev–Trinajstić information content (AvgIpc) is 2.38. The van der Waals surface area contributed by atoms with Gasteiger partial charge in [0, 0.05) is 26.2 Å². The summed E-state index contributed by atoms with van der Waals surface area (Å²) in [5, 5.41) is 0. The van der Waals surface area contributed by atoms with E-state index >= 15 is 0 Å². The van der Waals surface area contributed by atoms with Crippen molar-refractivity contribution in [1.29, 1.82) is 0 Å². The van der Waals surface area contributed by atoms with Crippen molar-refractivity contribution in [2.24, 2.45) is 0 Å². The number of nitrogens with zero attached hydrogens (tertiary/aromatic N) is 2. The summed E-state index contributed by atoms with van der Waals surface area (Å²) in [4.78, 5) is 16.2. The van der Waals surface area contributed by atoms with Crippen LogP contribution in [0.3, 0.4) is 0 Å². The molecule has 1 rings (SSSR count). The molecular weight excluding hydrogens is 252 g/mol. The van der Waals surface area contributed by atoms with E-state index < -0.39 is 0 Å². The molecule has 0 N–H and O–H groups in total. The van der Waals surface area contributed by atoms with Gasteiger partial charge >= 0.3 is 6.09 Å². The van der Waals surface area contributed by atoms with Gasteiger partial charge in [0.2, 0.25) is 0 Å². The van der Waals surface area contributed by atoms with E-state index in [0.29, 0.717) is 0 Å². The zero-order valence-corrected chi connectivity index (χ0v) is 13.8. The summed E-state index contributed by atoms with van der Waals surface area (Å²) < 4.78 is 5.69. The lowest BCUT2D eigenvalue weighted by Gasteiger charge is -2.34. The fourth-order valence-electron chi connectivity index (χ4n) is 2.50. The first-order valence-corrected chi connectivity index (χ1v) is 8.11. The molecule has 4 nitrogen and oxygen atoms in total. The van der Waals surface area contributed by atoms with Crippen LogP contribution in [-0.2, 0) is 4.74 Å². The Labute approximate surface area is 124 Å². The van der Waals surface area contributed by atoms with E-state index in [1.807, 2.05) is 18.7 Å². The highest BCUT2D eigenvalue weighted by Gasteiger charge is 2.27. The van der Waals surface area contributed by atoms with E-state index in [0.717, 1.165) is 39.0 Å². The number of ether oxygens (including phenoxy) is 1. The van der Waals surface area contributed by atoms with Gasteiger partial charge in [0.05, 0.1) is 0 Å². The van der Waals surface area contributed by atoms with Gasteiger partial charge in [-0.15, -0.1) is 0 Å². The lowest BCUT2D eigenvalue weighted by atomic mass is 9.99. The van der Waals surface area contributed by atoms with Crippen molar-refractivity contribution in [3.05, 3.63) is 0 Å². The van der Waals surface area contributed by atoms with Crippen molar-refractivity contribution in [1.82, 2.24) is 9.80 Å². The maximum atomic E-state index is 12.1. The third kappa shape index (κ3) is 6.60. The van der Waals surface area contributed by atoms with Crippen LogP contribution in [0, 0.1) is 0 Å². The highest BCUT2D eigenvalue weighted by Crippen LogP contribution is 2.21. The summed E-state index contributed by atoms with van der Waals surface area (Å²) in [6.07, 6.45) is 7.06. The quantitative estimate of drug-likeness (QED) is 0.671. The molecule has 1 saturated heterocycles. The molecule has 0 aromatic carbocycles. The van der Waals surface area contributed by atoms with Crippen molar-refractivity contribution in [3.8, 4) is 0 Å². The van der Waals surface area contributed by atoms with Crippen LogP contribution in [0.2, 0.25) is 0 Å². The van der Waals surface area contributed by atoms with E-state index in [9.17, 15) is 4.79 Å². The van der Waals surface area contributed by atoms with Crippen molar-refractivity contribution in [3.63, 3.8) is 0 Å². The Morgan fingerprint density at radius 2 is 1.65 bits per heavy atom. The SMILES string of the molecule is CCCCCCCC(C)(C)OC(=O)N1CCN(C)CC1. The molecule has 0 unspecified atom stereocenters. The minimum atomic E-state index is -0.341. The van der Waals surface area contributed by atoms with Gasteiger partial charge in [-0.2, -0.15) is 0 Å². The van der Waals surface area contributed by atoms with Crippen LogP contribution in [0.5, 0.6) is 0 Å². The summed E-state index contributed by atoms with van der Waals surface area (Å²) in [7, 11) is 2.09. The minimum Gasteiger partial charge on any atom is -0.443 e. The Morgan fingerprint density at radius 3 is 2.25 bits per heavy atom. The highest BCUT2D eigenvalue weighted by atomic mass is 16.6. The molecule has 1 aliphatic heterocycles. The van der Waals surface area contributed by atoms with Gasteiger partial charge in [-0.3, -0.25) is 0 Å². The van der Waals surface area contributed by atoms with E-state index in [2.05, 4.69) is 18.9 Å². The number of hydrogen-bond acceptors (Lipinski definition) is 3. The first kappa shape index (κ1) is 17.3. The van der Waals surface area contributed by atoms with E-state index in [4.69, 9.17) is 4.74 Å². The molecule has 1 heterocycles. The number of carbonyl (C=O) groups excluding carboxylic acids is 1. The molecule has 0 aliphatic carbocycles. The topological polar surface area (TPSA) is 32.8 Å². The molecule has 1 aliphatic rings. The Hall–Kier alpha value is -0.770. The molecule has 118 valence electrons. The molecule has 0 saturated carbocycles. The third-order valence-corrected chi connectivity index (χ3v) is 4.01. The van der Waals surface area contributed by atoms with Crippen LogP contribution in [0.25, 0.3) is 0 Å². The molecule has 0 bridgehead atoms. The summed E-state index contributed by atoms with van der Waals surface area (Å²) in [6.45, 7) is 9.71. The molecule has 0 aromatic heterocycles. The lowest BCUT2D eigenvalue weighted by Crippen LogP contribution is -2.49. The van der Waals surface area contributed by atoms with Crippen molar-refractivity contribution in [2.75, 3.05) is 33.2 Å². The minimum absolute atomic E-state index is 0.142. The molecule has 0 aromatic rings. The smallest absolute Gasteiger partial charge is 0.410 e. The molecule has 1 amide bonds. The monoisotopic (exact) mass is 284 g/mol.